The Morgan fingerprint density at radius 2 is 1.67 bits per heavy atom. The summed E-state index contributed by atoms with van der Waals surface area (Å²) in [6, 6.07) is 11.1. The third kappa shape index (κ3) is 4.72. The first-order valence-corrected chi connectivity index (χ1v) is 7.71. The van der Waals surface area contributed by atoms with Crippen LogP contribution >= 0.6 is 11.3 Å². The summed E-state index contributed by atoms with van der Waals surface area (Å²) in [7, 11) is 0. The predicted molar refractivity (Wildman–Crippen MR) is 84.8 cm³/mol. The first kappa shape index (κ1) is 15.3. The Labute approximate surface area is 128 Å². The molecule has 0 unspecified atom stereocenters. The number of aryl methyl sites for hydroxylation is 1. The molecule has 2 amide bonds. The van der Waals surface area contributed by atoms with Gasteiger partial charge >= 0.3 is 0 Å². The lowest BCUT2D eigenvalue weighted by Gasteiger charge is -2.06. The minimum Gasteiger partial charge on any atom is -0.352 e. The van der Waals surface area contributed by atoms with Crippen molar-refractivity contribution in [3.05, 3.63) is 57.8 Å². The Kier molecular flexibility index (Phi) is 5.51. The minimum atomic E-state index is -0.0837. The summed E-state index contributed by atoms with van der Waals surface area (Å²) in [5, 5.41) is 7.54. The van der Waals surface area contributed by atoms with E-state index in [0.717, 1.165) is 5.56 Å². The fourth-order valence-electron chi connectivity index (χ4n) is 1.79. The fourth-order valence-corrected chi connectivity index (χ4v) is 2.43. The standard InChI is InChI=1S/C16H18N2O2S/c1-12-5-7-13(8-6-12)15(19)17-9-3-10-18-16(20)14-4-2-11-21-14/h2,4-8,11H,3,9-10H2,1H3,(H,17,19)(H,18,20). The average molecular weight is 302 g/mol. The van der Waals surface area contributed by atoms with E-state index in [-0.39, 0.29) is 11.8 Å². The second-order valence-corrected chi connectivity index (χ2v) is 5.66. The van der Waals surface area contributed by atoms with E-state index in [1.165, 1.54) is 11.3 Å². The van der Waals surface area contributed by atoms with Crippen molar-refractivity contribution in [3.63, 3.8) is 0 Å². The minimum absolute atomic E-state index is 0.0603. The first-order valence-electron chi connectivity index (χ1n) is 6.83. The van der Waals surface area contributed by atoms with E-state index in [4.69, 9.17) is 0 Å². The molecule has 0 aliphatic heterocycles. The summed E-state index contributed by atoms with van der Waals surface area (Å²) in [5.41, 5.74) is 1.78. The Hall–Kier alpha value is -2.14. The van der Waals surface area contributed by atoms with Crippen LogP contribution in [0.2, 0.25) is 0 Å². The van der Waals surface area contributed by atoms with E-state index in [1.807, 2.05) is 42.6 Å². The quantitative estimate of drug-likeness (QED) is 0.806. The number of thiophene rings is 1. The highest BCUT2D eigenvalue weighted by molar-refractivity contribution is 7.12. The molecule has 0 bridgehead atoms. The van der Waals surface area contributed by atoms with Crippen LogP contribution in [0.5, 0.6) is 0 Å². The third-order valence-corrected chi connectivity index (χ3v) is 3.85. The van der Waals surface area contributed by atoms with E-state index < -0.39 is 0 Å². The van der Waals surface area contributed by atoms with E-state index in [2.05, 4.69) is 10.6 Å². The number of carbonyl (C=O) groups excluding carboxylic acids is 2. The molecule has 4 nitrogen and oxygen atoms in total. The van der Waals surface area contributed by atoms with Crippen LogP contribution in [0.4, 0.5) is 0 Å². The normalized spacial score (nSPS) is 10.1. The van der Waals surface area contributed by atoms with Crippen molar-refractivity contribution in [1.82, 2.24) is 10.6 Å². The molecule has 2 rings (SSSR count). The van der Waals surface area contributed by atoms with E-state index in [0.29, 0.717) is 30.0 Å². The van der Waals surface area contributed by atoms with Crippen molar-refractivity contribution in [2.45, 2.75) is 13.3 Å². The highest BCUT2D eigenvalue weighted by atomic mass is 32.1. The van der Waals surface area contributed by atoms with E-state index >= 15 is 0 Å². The number of nitrogens with one attached hydrogen (secondary N) is 2. The predicted octanol–water partition coefficient (Wildman–Crippen LogP) is 2.61. The summed E-state index contributed by atoms with van der Waals surface area (Å²) >= 11 is 1.42. The average Bonchev–Trinajstić information content (AvgIpc) is 3.01. The molecule has 1 aromatic heterocycles. The van der Waals surface area contributed by atoms with Crippen LogP contribution in [0.3, 0.4) is 0 Å². The molecule has 1 heterocycles. The van der Waals surface area contributed by atoms with Crippen molar-refractivity contribution in [2.75, 3.05) is 13.1 Å². The molecule has 0 saturated carbocycles. The van der Waals surface area contributed by atoms with Crippen LogP contribution < -0.4 is 10.6 Å². The number of amides is 2. The Morgan fingerprint density at radius 3 is 2.29 bits per heavy atom. The van der Waals surface area contributed by atoms with Crippen molar-refractivity contribution < 1.29 is 9.59 Å². The zero-order valence-electron chi connectivity index (χ0n) is 11.9. The molecule has 5 heteroatoms. The molecule has 0 radical (unpaired) electrons. The van der Waals surface area contributed by atoms with Crippen LogP contribution in [0.15, 0.2) is 41.8 Å². The first-order chi connectivity index (χ1) is 10.2. The van der Waals surface area contributed by atoms with Gasteiger partial charge < -0.3 is 10.6 Å². The van der Waals surface area contributed by atoms with Gasteiger partial charge in [-0.15, -0.1) is 11.3 Å². The molecule has 1 aromatic carbocycles. The molecule has 0 aliphatic carbocycles. The van der Waals surface area contributed by atoms with Gasteiger partial charge in [0.25, 0.3) is 11.8 Å². The number of hydrogen-bond acceptors (Lipinski definition) is 3. The molecule has 0 saturated heterocycles. The second-order valence-electron chi connectivity index (χ2n) is 4.71. The number of carbonyl (C=O) groups is 2. The summed E-state index contributed by atoms with van der Waals surface area (Å²) < 4.78 is 0. The van der Waals surface area contributed by atoms with Gasteiger partial charge in [-0.2, -0.15) is 0 Å². The van der Waals surface area contributed by atoms with Gasteiger partial charge in [0, 0.05) is 18.7 Å². The van der Waals surface area contributed by atoms with Gasteiger partial charge in [0.1, 0.15) is 0 Å². The van der Waals surface area contributed by atoms with Gasteiger partial charge in [-0.25, -0.2) is 0 Å². The summed E-state index contributed by atoms with van der Waals surface area (Å²) in [4.78, 5) is 24.2. The third-order valence-electron chi connectivity index (χ3n) is 2.98. The van der Waals surface area contributed by atoms with Gasteiger partial charge in [0.05, 0.1) is 4.88 Å². The molecule has 110 valence electrons. The molecule has 0 fully saturated rings. The van der Waals surface area contributed by atoms with Crippen LogP contribution in [0.25, 0.3) is 0 Å². The molecule has 0 atom stereocenters. The number of rotatable bonds is 6. The van der Waals surface area contributed by atoms with E-state index in [1.54, 1.807) is 6.07 Å². The lowest BCUT2D eigenvalue weighted by atomic mass is 10.1. The topological polar surface area (TPSA) is 58.2 Å². The highest BCUT2D eigenvalue weighted by Crippen LogP contribution is 2.07. The monoisotopic (exact) mass is 302 g/mol. The summed E-state index contributed by atoms with van der Waals surface area (Å²) in [6.45, 7) is 3.07. The van der Waals surface area contributed by atoms with Crippen LogP contribution in [-0.4, -0.2) is 24.9 Å². The lowest BCUT2D eigenvalue weighted by Crippen LogP contribution is -2.29. The van der Waals surface area contributed by atoms with Gasteiger partial charge in [-0.05, 0) is 36.9 Å². The van der Waals surface area contributed by atoms with Crippen molar-refractivity contribution in [1.29, 1.82) is 0 Å². The zero-order chi connectivity index (χ0) is 15.1. The maximum Gasteiger partial charge on any atom is 0.261 e. The molecular weight excluding hydrogens is 284 g/mol. The van der Waals surface area contributed by atoms with Gasteiger partial charge in [0.15, 0.2) is 0 Å². The lowest BCUT2D eigenvalue weighted by molar-refractivity contribution is 0.0953. The molecular formula is C16H18N2O2S. The largest absolute Gasteiger partial charge is 0.352 e. The molecule has 21 heavy (non-hydrogen) atoms. The number of hydrogen-bond donors (Lipinski definition) is 2. The van der Waals surface area contributed by atoms with Crippen LogP contribution in [-0.2, 0) is 0 Å². The summed E-state index contributed by atoms with van der Waals surface area (Å²) in [5.74, 6) is -0.144. The second kappa shape index (κ2) is 7.59. The Bertz CT molecular complexity index is 591. The smallest absolute Gasteiger partial charge is 0.261 e. The van der Waals surface area contributed by atoms with Crippen molar-refractivity contribution in [2.24, 2.45) is 0 Å². The van der Waals surface area contributed by atoms with Crippen molar-refractivity contribution in [3.8, 4) is 0 Å². The van der Waals surface area contributed by atoms with Gasteiger partial charge in [0.2, 0.25) is 0 Å². The Morgan fingerprint density at radius 1 is 1.00 bits per heavy atom. The van der Waals surface area contributed by atoms with Crippen LogP contribution in [0.1, 0.15) is 32.0 Å². The maximum atomic E-state index is 11.8. The maximum absolute atomic E-state index is 11.8. The molecule has 0 aliphatic rings. The van der Waals surface area contributed by atoms with Gasteiger partial charge in [-0.1, -0.05) is 23.8 Å². The summed E-state index contributed by atoms with van der Waals surface area (Å²) in [6.07, 6.45) is 0.703. The molecule has 2 N–H and O–H groups in total. The zero-order valence-corrected chi connectivity index (χ0v) is 12.7. The Balaban J connectivity index is 1.64. The van der Waals surface area contributed by atoms with E-state index in [9.17, 15) is 9.59 Å². The molecule has 0 spiro atoms. The molecule has 2 aromatic rings. The fraction of sp³-hybridized carbons (Fsp3) is 0.250. The highest BCUT2D eigenvalue weighted by Gasteiger charge is 2.06. The van der Waals surface area contributed by atoms with Crippen LogP contribution in [0, 0.1) is 6.92 Å². The van der Waals surface area contributed by atoms with Gasteiger partial charge in [-0.3, -0.25) is 9.59 Å². The number of benzene rings is 1. The van der Waals surface area contributed by atoms with Crippen molar-refractivity contribution >= 4 is 23.2 Å². The SMILES string of the molecule is Cc1ccc(C(=O)NCCCNC(=O)c2cccs2)cc1.